The van der Waals surface area contributed by atoms with E-state index >= 15 is 0 Å². The van der Waals surface area contributed by atoms with Crippen LogP contribution in [0.5, 0.6) is 0 Å². The van der Waals surface area contributed by atoms with Crippen LogP contribution in [0.15, 0.2) is 48.9 Å². The summed E-state index contributed by atoms with van der Waals surface area (Å²) in [7, 11) is 0. The fourth-order valence-electron chi connectivity index (χ4n) is 4.24. The lowest BCUT2D eigenvalue weighted by molar-refractivity contribution is -0.117. The van der Waals surface area contributed by atoms with Gasteiger partial charge in [0.05, 0.1) is 6.20 Å². The van der Waals surface area contributed by atoms with Crippen molar-refractivity contribution in [1.82, 2.24) is 19.5 Å². The third kappa shape index (κ3) is 1.88. The van der Waals surface area contributed by atoms with E-state index < -0.39 is 0 Å². The lowest BCUT2D eigenvalue weighted by atomic mass is 10.1. The molecule has 3 atom stereocenters. The summed E-state index contributed by atoms with van der Waals surface area (Å²) in [6, 6.07) is 10.3. The number of amides is 1. The van der Waals surface area contributed by atoms with E-state index in [0.717, 1.165) is 30.0 Å². The second-order valence-corrected chi connectivity index (χ2v) is 7.11. The molecule has 3 unspecified atom stereocenters. The molecule has 1 N–H and O–H groups in total. The zero-order valence-electron chi connectivity index (χ0n) is 13.9. The first kappa shape index (κ1) is 14.0. The van der Waals surface area contributed by atoms with Crippen molar-refractivity contribution in [3.8, 4) is 17.3 Å². The molecule has 2 aliphatic heterocycles. The molecule has 1 amide bonds. The Balaban J connectivity index is 1.47. The first-order chi connectivity index (χ1) is 12.8. The smallest absolute Gasteiger partial charge is 0.247 e. The molecule has 2 fully saturated rings. The van der Waals surface area contributed by atoms with Crippen molar-refractivity contribution >= 4 is 17.4 Å². The number of imidazole rings is 1. The zero-order valence-corrected chi connectivity index (χ0v) is 13.9. The van der Waals surface area contributed by atoms with Crippen molar-refractivity contribution < 1.29 is 4.79 Å². The number of carbonyl (C=O) groups excluding carboxylic acids is 1. The normalized spacial score (nSPS) is 25.3. The standard InChI is InChI=1S/C19H16N6O/c26-18-15-9-12-8-14(12)25(15)17-13(22-18)10-21-19(23-17)24-7-6-20-16(24)11-4-2-1-3-5-11/h1-7,10,12,14-15H,8-9H2,(H,22,26). The van der Waals surface area contributed by atoms with Crippen molar-refractivity contribution in [1.29, 1.82) is 0 Å². The molecular weight excluding hydrogens is 328 g/mol. The fourth-order valence-corrected chi connectivity index (χ4v) is 4.24. The molecule has 3 aromatic rings. The molecule has 6 rings (SSSR count). The summed E-state index contributed by atoms with van der Waals surface area (Å²) in [4.78, 5) is 28.3. The zero-order chi connectivity index (χ0) is 17.3. The van der Waals surface area contributed by atoms with Gasteiger partial charge in [0.25, 0.3) is 0 Å². The van der Waals surface area contributed by atoms with Crippen molar-refractivity contribution in [3.63, 3.8) is 0 Å². The molecule has 0 bridgehead atoms. The van der Waals surface area contributed by atoms with Crippen LogP contribution in [0.25, 0.3) is 17.3 Å². The van der Waals surface area contributed by atoms with E-state index in [9.17, 15) is 4.79 Å². The Morgan fingerprint density at radius 1 is 1.12 bits per heavy atom. The quantitative estimate of drug-likeness (QED) is 0.772. The van der Waals surface area contributed by atoms with Gasteiger partial charge >= 0.3 is 0 Å². The van der Waals surface area contributed by atoms with Crippen LogP contribution in [0.3, 0.4) is 0 Å². The molecule has 7 nitrogen and oxygen atoms in total. The molecule has 1 aliphatic carbocycles. The first-order valence-electron chi connectivity index (χ1n) is 8.85. The van der Waals surface area contributed by atoms with E-state index in [-0.39, 0.29) is 11.9 Å². The number of aromatic nitrogens is 4. The third-order valence-electron chi connectivity index (χ3n) is 5.55. The number of piperidine rings is 1. The van der Waals surface area contributed by atoms with Crippen molar-refractivity contribution in [3.05, 3.63) is 48.9 Å². The minimum atomic E-state index is -0.0922. The van der Waals surface area contributed by atoms with E-state index in [4.69, 9.17) is 4.98 Å². The Hall–Kier alpha value is -3.22. The van der Waals surface area contributed by atoms with Crippen LogP contribution in [-0.2, 0) is 4.79 Å². The molecule has 4 heterocycles. The van der Waals surface area contributed by atoms with Gasteiger partial charge in [0.1, 0.15) is 17.6 Å². The Bertz CT molecular complexity index is 1030. The maximum absolute atomic E-state index is 12.3. The van der Waals surface area contributed by atoms with Gasteiger partial charge in [-0.2, -0.15) is 4.98 Å². The van der Waals surface area contributed by atoms with Crippen LogP contribution >= 0.6 is 0 Å². The molecule has 128 valence electrons. The van der Waals surface area contributed by atoms with Crippen LogP contribution in [-0.4, -0.2) is 37.5 Å². The van der Waals surface area contributed by atoms with E-state index in [1.165, 1.54) is 0 Å². The van der Waals surface area contributed by atoms with Crippen LogP contribution in [0.2, 0.25) is 0 Å². The first-order valence-corrected chi connectivity index (χ1v) is 8.85. The van der Waals surface area contributed by atoms with Gasteiger partial charge in [-0.15, -0.1) is 0 Å². The number of fused-ring (bicyclic) bond motifs is 5. The number of anilines is 2. The van der Waals surface area contributed by atoms with Gasteiger partial charge in [-0.1, -0.05) is 30.3 Å². The molecule has 0 radical (unpaired) electrons. The van der Waals surface area contributed by atoms with E-state index in [2.05, 4.69) is 20.2 Å². The van der Waals surface area contributed by atoms with Gasteiger partial charge in [-0.3, -0.25) is 9.36 Å². The largest absolute Gasteiger partial charge is 0.339 e. The summed E-state index contributed by atoms with van der Waals surface area (Å²) in [5.41, 5.74) is 1.71. The topological polar surface area (TPSA) is 75.9 Å². The van der Waals surface area contributed by atoms with Crippen molar-refractivity contribution in [2.45, 2.75) is 24.9 Å². The number of rotatable bonds is 2. The molecule has 1 saturated carbocycles. The Labute approximate surface area is 149 Å². The minimum absolute atomic E-state index is 0.0636. The average Bonchev–Trinajstić information content (AvgIpc) is 3.11. The highest BCUT2D eigenvalue weighted by atomic mass is 16.2. The Morgan fingerprint density at radius 3 is 2.88 bits per heavy atom. The maximum atomic E-state index is 12.3. The summed E-state index contributed by atoms with van der Waals surface area (Å²) in [5.74, 6) is 2.89. The lowest BCUT2D eigenvalue weighted by Crippen LogP contribution is -2.46. The second kappa shape index (κ2) is 4.91. The highest BCUT2D eigenvalue weighted by Gasteiger charge is 2.56. The Kier molecular flexibility index (Phi) is 2.64. The summed E-state index contributed by atoms with van der Waals surface area (Å²) in [6.45, 7) is 0. The number of hydrogen-bond donors (Lipinski definition) is 1. The van der Waals surface area contributed by atoms with Gasteiger partial charge in [0.15, 0.2) is 5.82 Å². The lowest BCUT2D eigenvalue weighted by Gasteiger charge is -2.33. The number of carbonyl (C=O) groups is 1. The highest BCUT2D eigenvalue weighted by Crippen LogP contribution is 2.52. The van der Waals surface area contributed by atoms with Crippen molar-refractivity contribution in [2.24, 2.45) is 5.92 Å². The Morgan fingerprint density at radius 2 is 2.00 bits per heavy atom. The predicted molar refractivity (Wildman–Crippen MR) is 96.0 cm³/mol. The van der Waals surface area contributed by atoms with Crippen LogP contribution < -0.4 is 10.2 Å². The van der Waals surface area contributed by atoms with Gasteiger partial charge in [-0.05, 0) is 18.8 Å². The van der Waals surface area contributed by atoms with Gasteiger partial charge < -0.3 is 10.2 Å². The van der Waals surface area contributed by atoms with Gasteiger partial charge in [0, 0.05) is 24.0 Å². The van der Waals surface area contributed by atoms with E-state index in [1.807, 2.05) is 41.1 Å². The highest BCUT2D eigenvalue weighted by molar-refractivity contribution is 6.03. The SMILES string of the molecule is O=C1Nc2cnc(-n3ccnc3-c3ccccc3)nc2N2C1CC1CC12. The summed E-state index contributed by atoms with van der Waals surface area (Å²) in [6.07, 6.45) is 7.41. The number of nitrogens with one attached hydrogen (secondary N) is 1. The molecule has 7 heteroatoms. The molecular formula is C19H16N6O. The summed E-state index contributed by atoms with van der Waals surface area (Å²) in [5, 5.41) is 2.96. The van der Waals surface area contributed by atoms with Gasteiger partial charge in [-0.25, -0.2) is 9.97 Å². The molecule has 26 heavy (non-hydrogen) atoms. The molecule has 1 saturated heterocycles. The molecule has 2 aromatic heterocycles. The van der Waals surface area contributed by atoms with Crippen molar-refractivity contribution in [2.75, 3.05) is 10.2 Å². The van der Waals surface area contributed by atoms with Crippen LogP contribution in [0, 0.1) is 5.92 Å². The number of hydrogen-bond acceptors (Lipinski definition) is 5. The van der Waals surface area contributed by atoms with Crippen LogP contribution in [0.4, 0.5) is 11.5 Å². The maximum Gasteiger partial charge on any atom is 0.247 e. The van der Waals surface area contributed by atoms with Crippen LogP contribution in [0.1, 0.15) is 12.8 Å². The van der Waals surface area contributed by atoms with E-state index in [1.54, 1.807) is 12.4 Å². The predicted octanol–water partition coefficient (Wildman–Crippen LogP) is 2.25. The monoisotopic (exact) mass is 344 g/mol. The summed E-state index contributed by atoms with van der Waals surface area (Å²) < 4.78 is 1.89. The number of benzene rings is 1. The van der Waals surface area contributed by atoms with Gasteiger partial charge in [0.2, 0.25) is 11.9 Å². The minimum Gasteiger partial charge on any atom is -0.339 e. The number of nitrogens with zero attached hydrogens (tertiary/aromatic N) is 5. The van der Waals surface area contributed by atoms with E-state index in [0.29, 0.717) is 23.6 Å². The summed E-state index contributed by atoms with van der Waals surface area (Å²) >= 11 is 0. The fraction of sp³-hybridized carbons (Fsp3) is 0.263. The third-order valence-corrected chi connectivity index (χ3v) is 5.55. The molecule has 3 aliphatic rings. The second-order valence-electron chi connectivity index (χ2n) is 7.11. The average molecular weight is 344 g/mol. The molecule has 0 spiro atoms. The molecule has 1 aromatic carbocycles.